The number of fused-ring (bicyclic) bond motifs is 1. The molecule has 2 N–H and O–H groups in total. The minimum atomic E-state index is -5.08. The maximum atomic E-state index is 13.0. The summed E-state index contributed by atoms with van der Waals surface area (Å²) in [5.74, 6) is -5.67. The Bertz CT molecular complexity index is 1030. The zero-order valence-electron chi connectivity index (χ0n) is 23.1. The van der Waals surface area contributed by atoms with Gasteiger partial charge in [0.15, 0.2) is 0 Å². The molecule has 2 aliphatic rings. The molecule has 3 heterocycles. The minimum absolute atomic E-state index is 0.0665. The first-order chi connectivity index (χ1) is 19.3. The van der Waals surface area contributed by atoms with Crippen LogP contribution in [0.25, 0.3) is 0 Å². The van der Waals surface area contributed by atoms with Crippen LogP contribution in [0.1, 0.15) is 30.3 Å². The maximum Gasteiger partial charge on any atom is 0.490 e. The van der Waals surface area contributed by atoms with Crippen molar-refractivity contribution in [2.75, 3.05) is 60.0 Å². The number of likely N-dealkylation sites (tertiary alicyclic amines) is 2. The number of ether oxygens (including phenoxy) is 1. The molecule has 42 heavy (non-hydrogen) atoms. The van der Waals surface area contributed by atoms with Crippen LogP contribution in [0.2, 0.25) is 0 Å². The molecule has 2 atom stereocenters. The lowest BCUT2D eigenvalue weighted by Crippen LogP contribution is -2.43. The van der Waals surface area contributed by atoms with Crippen molar-refractivity contribution in [1.29, 1.82) is 0 Å². The highest BCUT2D eigenvalue weighted by Gasteiger charge is 2.54. The average Bonchev–Trinajstić information content (AvgIpc) is 3.14. The van der Waals surface area contributed by atoms with Crippen molar-refractivity contribution < 1.29 is 60.5 Å². The van der Waals surface area contributed by atoms with Gasteiger partial charge in [-0.15, -0.1) is 0 Å². The summed E-state index contributed by atoms with van der Waals surface area (Å²) in [7, 11) is 4.10. The second-order valence-electron chi connectivity index (χ2n) is 9.66. The van der Waals surface area contributed by atoms with Crippen molar-refractivity contribution >= 4 is 23.8 Å². The van der Waals surface area contributed by atoms with Crippen molar-refractivity contribution in [2.24, 2.45) is 11.3 Å². The van der Waals surface area contributed by atoms with E-state index in [1.54, 1.807) is 6.20 Å². The molecular weight excluding hydrogens is 584 g/mol. The number of alkyl halides is 6. The van der Waals surface area contributed by atoms with E-state index < -0.39 is 29.7 Å². The van der Waals surface area contributed by atoms with Gasteiger partial charge in [-0.2, -0.15) is 26.3 Å². The van der Waals surface area contributed by atoms with Crippen LogP contribution in [-0.2, 0) is 19.1 Å². The number of aromatic nitrogens is 2. The van der Waals surface area contributed by atoms with E-state index in [1.807, 2.05) is 11.8 Å². The van der Waals surface area contributed by atoms with Crippen LogP contribution < -0.4 is 0 Å². The van der Waals surface area contributed by atoms with Gasteiger partial charge in [-0.3, -0.25) is 14.6 Å². The number of amides is 1. The predicted molar refractivity (Wildman–Crippen MR) is 132 cm³/mol. The topological polar surface area (TPSA) is 153 Å². The van der Waals surface area contributed by atoms with Gasteiger partial charge in [-0.05, 0) is 33.9 Å². The number of esters is 1. The smallest absolute Gasteiger partial charge is 0.475 e. The summed E-state index contributed by atoms with van der Waals surface area (Å²) in [6.45, 7) is 6.76. The molecule has 1 aromatic rings. The molecule has 2 fully saturated rings. The third kappa shape index (κ3) is 11.0. The quantitative estimate of drug-likeness (QED) is 0.356. The van der Waals surface area contributed by atoms with Crippen molar-refractivity contribution in [3.05, 3.63) is 24.3 Å². The van der Waals surface area contributed by atoms with Crippen LogP contribution >= 0.6 is 0 Å². The Morgan fingerprint density at radius 2 is 1.62 bits per heavy atom. The van der Waals surface area contributed by atoms with Gasteiger partial charge in [-0.1, -0.05) is 0 Å². The van der Waals surface area contributed by atoms with E-state index in [9.17, 15) is 35.9 Å². The molecule has 238 valence electrons. The monoisotopic (exact) mass is 617 g/mol. The zero-order valence-corrected chi connectivity index (χ0v) is 23.1. The molecule has 0 bridgehead atoms. The molecule has 18 heteroatoms. The number of halogens is 6. The second kappa shape index (κ2) is 15.6. The van der Waals surface area contributed by atoms with E-state index in [0.717, 1.165) is 32.5 Å². The molecule has 12 nitrogen and oxygen atoms in total. The maximum absolute atomic E-state index is 13.0. The van der Waals surface area contributed by atoms with Gasteiger partial charge in [0.25, 0.3) is 5.91 Å². The van der Waals surface area contributed by atoms with Crippen molar-refractivity contribution in [3.63, 3.8) is 0 Å². The summed E-state index contributed by atoms with van der Waals surface area (Å²) >= 11 is 0. The SMILES string of the molecule is CCOC(=O)[C@]12CCCN(C(=O)c3cnccn3)C[C@H]1CN(CCN(C)C)C2.O=C(O)C(F)(F)F.O=C(O)C(F)(F)F. The summed E-state index contributed by atoms with van der Waals surface area (Å²) in [6.07, 6.45) is -4.04. The fraction of sp³-hybridized carbons (Fsp3) is 0.667. The fourth-order valence-electron chi connectivity index (χ4n) is 4.41. The van der Waals surface area contributed by atoms with Crippen LogP contribution in [0.3, 0.4) is 0 Å². The lowest BCUT2D eigenvalue weighted by molar-refractivity contribution is -0.193. The number of carbonyl (C=O) groups excluding carboxylic acids is 2. The fourth-order valence-corrected chi connectivity index (χ4v) is 4.41. The Kier molecular flexibility index (Phi) is 13.6. The summed E-state index contributed by atoms with van der Waals surface area (Å²) in [4.78, 5) is 58.2. The van der Waals surface area contributed by atoms with Crippen molar-refractivity contribution in [3.8, 4) is 0 Å². The van der Waals surface area contributed by atoms with Gasteiger partial charge < -0.3 is 29.6 Å². The molecule has 2 aliphatic heterocycles. The van der Waals surface area contributed by atoms with Crippen molar-refractivity contribution in [1.82, 2.24) is 24.7 Å². The first-order valence-corrected chi connectivity index (χ1v) is 12.5. The molecule has 1 amide bonds. The van der Waals surface area contributed by atoms with Gasteiger partial charge in [-0.25, -0.2) is 14.6 Å². The van der Waals surface area contributed by atoms with E-state index in [-0.39, 0.29) is 17.8 Å². The van der Waals surface area contributed by atoms with E-state index in [1.165, 1.54) is 12.4 Å². The van der Waals surface area contributed by atoms with Crippen LogP contribution in [0.4, 0.5) is 26.3 Å². The molecule has 2 saturated heterocycles. The largest absolute Gasteiger partial charge is 0.490 e. The lowest BCUT2D eigenvalue weighted by Gasteiger charge is -2.31. The number of hydrogen-bond donors (Lipinski definition) is 2. The van der Waals surface area contributed by atoms with Gasteiger partial charge in [0.05, 0.1) is 18.2 Å². The Balaban J connectivity index is 0.000000522. The summed E-state index contributed by atoms with van der Waals surface area (Å²) in [5, 5.41) is 14.2. The third-order valence-corrected chi connectivity index (χ3v) is 6.36. The normalized spacial score (nSPS) is 20.7. The lowest BCUT2D eigenvalue weighted by atomic mass is 9.75. The van der Waals surface area contributed by atoms with Crippen LogP contribution in [0.15, 0.2) is 18.6 Å². The molecule has 1 aromatic heterocycles. The summed E-state index contributed by atoms with van der Waals surface area (Å²) < 4.78 is 69.0. The highest BCUT2D eigenvalue weighted by molar-refractivity contribution is 5.92. The first-order valence-electron chi connectivity index (χ1n) is 12.5. The standard InChI is InChI=1S/C20H31N5O3.2C2HF3O2/c1-4-28-19(27)20-6-5-9-25(18(26)17-12-21-7-8-22-17)14-16(20)13-24(15-20)11-10-23(2)3;2*3-2(4,5)1(6)7/h7-8,12,16H,4-6,9-11,13-15H2,1-3H3;2*(H,6,7)/t16-,20+;;/m1../s1. The van der Waals surface area contributed by atoms with Crippen LogP contribution in [0.5, 0.6) is 0 Å². The first kappa shape index (κ1) is 36.5. The number of likely N-dealkylation sites (N-methyl/N-ethyl adjacent to an activating group) is 1. The summed E-state index contributed by atoms with van der Waals surface area (Å²) in [6, 6.07) is 0. The van der Waals surface area contributed by atoms with E-state index in [2.05, 4.69) is 33.9 Å². The average molecular weight is 618 g/mol. The van der Waals surface area contributed by atoms with Crippen LogP contribution in [-0.4, -0.2) is 131 Å². The van der Waals surface area contributed by atoms with Gasteiger partial charge in [0.2, 0.25) is 0 Å². The minimum Gasteiger partial charge on any atom is -0.475 e. The number of carboxylic acid groups (broad SMARTS) is 2. The Labute approximate surface area is 237 Å². The highest BCUT2D eigenvalue weighted by atomic mass is 19.4. The third-order valence-electron chi connectivity index (χ3n) is 6.36. The van der Waals surface area contributed by atoms with E-state index in [0.29, 0.717) is 31.9 Å². The Morgan fingerprint density at radius 3 is 2.07 bits per heavy atom. The molecule has 0 saturated carbocycles. The predicted octanol–water partition coefficient (Wildman–Crippen LogP) is 2.02. The Morgan fingerprint density at radius 1 is 1.05 bits per heavy atom. The molecule has 0 unspecified atom stereocenters. The van der Waals surface area contributed by atoms with Crippen LogP contribution in [0, 0.1) is 11.3 Å². The number of nitrogens with zero attached hydrogens (tertiary/aromatic N) is 5. The number of rotatable bonds is 6. The number of hydrogen-bond acceptors (Lipinski definition) is 9. The molecule has 0 radical (unpaired) electrons. The van der Waals surface area contributed by atoms with E-state index >= 15 is 0 Å². The summed E-state index contributed by atoms with van der Waals surface area (Å²) in [5.41, 5.74) is -0.173. The zero-order chi connectivity index (χ0) is 32.3. The molecule has 0 spiro atoms. The second-order valence-corrected chi connectivity index (χ2v) is 9.66. The highest BCUT2D eigenvalue weighted by Crippen LogP contribution is 2.43. The molecule has 0 aliphatic carbocycles. The Hall–Kier alpha value is -3.54. The molecule has 3 rings (SSSR count). The van der Waals surface area contributed by atoms with Gasteiger partial charge >= 0.3 is 30.3 Å². The molecule has 0 aromatic carbocycles. The van der Waals surface area contributed by atoms with Crippen molar-refractivity contribution in [2.45, 2.75) is 32.1 Å². The van der Waals surface area contributed by atoms with E-state index in [4.69, 9.17) is 24.5 Å². The van der Waals surface area contributed by atoms with Gasteiger partial charge in [0, 0.05) is 57.6 Å². The molecular formula is C24H33F6N5O7. The number of carboxylic acids is 2. The number of carbonyl (C=O) groups is 4. The van der Waals surface area contributed by atoms with Gasteiger partial charge in [0.1, 0.15) is 5.69 Å². The number of aliphatic carboxylic acids is 2.